The van der Waals surface area contributed by atoms with Gasteiger partial charge in [-0.05, 0) is 24.3 Å². The van der Waals surface area contributed by atoms with Crippen molar-refractivity contribution in [1.82, 2.24) is 25.0 Å². The highest BCUT2D eigenvalue weighted by atomic mass is 16.4. The lowest BCUT2D eigenvalue weighted by atomic mass is 10.2. The Kier molecular flexibility index (Phi) is 3.74. The first kappa shape index (κ1) is 13.0. The number of hydrogen-bond acceptors (Lipinski definition) is 7. The number of oxime groups is 1. The summed E-state index contributed by atoms with van der Waals surface area (Å²) in [6.07, 6.45) is 3.72. The first-order valence-corrected chi connectivity index (χ1v) is 5.88. The average Bonchev–Trinajstić information content (AvgIpc) is 2.87. The molecule has 9 heteroatoms. The van der Waals surface area contributed by atoms with Crippen LogP contribution in [0.4, 0.5) is 5.82 Å². The Labute approximate surface area is 109 Å². The molecule has 2 aromatic heterocycles. The molecule has 2 aromatic rings. The summed E-state index contributed by atoms with van der Waals surface area (Å²) in [7, 11) is 0. The van der Waals surface area contributed by atoms with E-state index in [0.717, 1.165) is 5.82 Å². The number of hydrogen-bond donors (Lipinski definition) is 2. The maximum Gasteiger partial charge on any atom is 0.199 e. The molecule has 102 valence electrons. The van der Waals surface area contributed by atoms with Crippen LogP contribution in [0, 0.1) is 0 Å². The van der Waals surface area contributed by atoms with E-state index in [9.17, 15) is 0 Å². The number of anilines is 1. The number of fused-ring (bicyclic) bond motifs is 1. The Bertz CT molecular complexity index is 578. The molecular weight excluding hydrogens is 248 g/mol. The molecule has 0 aromatic carbocycles. The average molecular weight is 264 g/mol. The lowest BCUT2D eigenvalue weighted by Gasteiger charge is -2.28. The number of tetrazole rings is 1. The van der Waals surface area contributed by atoms with Gasteiger partial charge in [0.2, 0.25) is 0 Å². The van der Waals surface area contributed by atoms with Crippen molar-refractivity contribution in [2.75, 3.05) is 11.4 Å². The van der Waals surface area contributed by atoms with Crippen molar-refractivity contribution in [3.63, 3.8) is 0 Å². The molecule has 0 aliphatic heterocycles. The van der Waals surface area contributed by atoms with Crippen molar-refractivity contribution in [3.8, 4) is 0 Å². The molecule has 3 N–H and O–H groups in total. The molecule has 0 radical (unpaired) electrons. The predicted molar refractivity (Wildman–Crippen MR) is 69.1 cm³/mol. The Morgan fingerprint density at radius 3 is 3.00 bits per heavy atom. The Hall–Kier alpha value is -2.45. The van der Waals surface area contributed by atoms with Crippen molar-refractivity contribution in [1.29, 1.82) is 0 Å². The second-order valence-electron chi connectivity index (χ2n) is 4.34. The van der Waals surface area contributed by atoms with Gasteiger partial charge in [-0.15, -0.1) is 5.10 Å². The molecule has 0 fully saturated rings. The third-order valence-electron chi connectivity index (χ3n) is 2.75. The van der Waals surface area contributed by atoms with Crippen LogP contribution < -0.4 is 10.6 Å². The molecule has 0 aliphatic rings. The summed E-state index contributed by atoms with van der Waals surface area (Å²) in [4.78, 5) is 6.16. The second-order valence-corrected chi connectivity index (χ2v) is 4.34. The molecule has 9 nitrogen and oxygen atoms in total. The minimum Gasteiger partial charge on any atom is -0.409 e. The third kappa shape index (κ3) is 2.69. The van der Waals surface area contributed by atoms with E-state index in [4.69, 9.17) is 10.9 Å². The molecule has 0 unspecified atom stereocenters. The van der Waals surface area contributed by atoms with E-state index in [1.165, 1.54) is 0 Å². The summed E-state index contributed by atoms with van der Waals surface area (Å²) < 4.78 is 1.61. The van der Waals surface area contributed by atoms with Gasteiger partial charge >= 0.3 is 0 Å². The largest absolute Gasteiger partial charge is 0.409 e. The number of aromatic nitrogens is 5. The van der Waals surface area contributed by atoms with Crippen LogP contribution in [0.15, 0.2) is 17.5 Å². The van der Waals surface area contributed by atoms with Gasteiger partial charge in [0.15, 0.2) is 11.5 Å². The molecule has 0 spiro atoms. The highest BCUT2D eigenvalue weighted by Gasteiger charge is 2.16. The van der Waals surface area contributed by atoms with Crippen molar-refractivity contribution in [2.45, 2.75) is 26.3 Å². The van der Waals surface area contributed by atoms with Crippen LogP contribution in [0.5, 0.6) is 0 Å². The van der Waals surface area contributed by atoms with E-state index < -0.39 is 0 Å². The Morgan fingerprint density at radius 1 is 1.53 bits per heavy atom. The first-order valence-electron chi connectivity index (χ1n) is 5.88. The summed E-state index contributed by atoms with van der Waals surface area (Å²) in [6, 6.07) is 0.197. The standard InChI is InChI=1S/C10H16N8O/c1-7(2)17(4-3-8(11)14-19)10-6-12-5-9-13-15-16-18(9)10/h5-7,19H,3-4H2,1-2H3,(H2,11,14). The molecular formula is C10H16N8O. The van der Waals surface area contributed by atoms with E-state index in [0.29, 0.717) is 18.6 Å². The zero-order valence-corrected chi connectivity index (χ0v) is 10.8. The van der Waals surface area contributed by atoms with Crippen molar-refractivity contribution in [3.05, 3.63) is 12.4 Å². The fourth-order valence-electron chi connectivity index (χ4n) is 1.78. The van der Waals surface area contributed by atoms with E-state index in [1.807, 2.05) is 18.7 Å². The zero-order valence-electron chi connectivity index (χ0n) is 10.8. The van der Waals surface area contributed by atoms with Crippen molar-refractivity contribution < 1.29 is 5.21 Å². The molecule has 0 saturated carbocycles. The summed E-state index contributed by atoms with van der Waals surface area (Å²) in [5.74, 6) is 0.950. The number of rotatable bonds is 5. The van der Waals surface area contributed by atoms with Gasteiger partial charge in [0.25, 0.3) is 0 Å². The summed E-state index contributed by atoms with van der Waals surface area (Å²) >= 11 is 0. The third-order valence-corrected chi connectivity index (χ3v) is 2.75. The van der Waals surface area contributed by atoms with Crippen LogP contribution in [0.25, 0.3) is 5.65 Å². The van der Waals surface area contributed by atoms with Gasteiger partial charge in [0, 0.05) is 19.0 Å². The molecule has 2 heterocycles. The molecule has 0 aliphatic carbocycles. The lowest BCUT2D eigenvalue weighted by molar-refractivity contribution is 0.317. The Morgan fingerprint density at radius 2 is 2.32 bits per heavy atom. The molecule has 0 bridgehead atoms. The van der Waals surface area contributed by atoms with Gasteiger partial charge in [-0.25, -0.2) is 0 Å². The van der Waals surface area contributed by atoms with Gasteiger partial charge in [-0.3, -0.25) is 4.98 Å². The van der Waals surface area contributed by atoms with E-state index >= 15 is 0 Å². The first-order chi connectivity index (χ1) is 9.13. The highest BCUT2D eigenvalue weighted by molar-refractivity contribution is 5.80. The fraction of sp³-hybridized carbons (Fsp3) is 0.500. The minimum absolute atomic E-state index is 0.183. The summed E-state index contributed by atoms with van der Waals surface area (Å²) in [5.41, 5.74) is 6.08. The van der Waals surface area contributed by atoms with Crippen LogP contribution in [-0.2, 0) is 0 Å². The fourth-order valence-corrected chi connectivity index (χ4v) is 1.78. The molecule has 0 amide bonds. The van der Waals surface area contributed by atoms with Gasteiger partial charge in [0.1, 0.15) is 5.84 Å². The van der Waals surface area contributed by atoms with Crippen LogP contribution >= 0.6 is 0 Å². The molecule has 0 atom stereocenters. The monoisotopic (exact) mass is 264 g/mol. The van der Waals surface area contributed by atoms with Gasteiger partial charge in [-0.1, -0.05) is 5.16 Å². The topological polar surface area (TPSA) is 118 Å². The molecule has 0 saturated heterocycles. The Balaban J connectivity index is 2.31. The van der Waals surface area contributed by atoms with E-state index in [-0.39, 0.29) is 11.9 Å². The van der Waals surface area contributed by atoms with Crippen molar-refractivity contribution >= 4 is 17.3 Å². The quantitative estimate of drug-likeness (QED) is 0.334. The maximum absolute atomic E-state index is 8.59. The van der Waals surface area contributed by atoms with Crippen molar-refractivity contribution in [2.24, 2.45) is 10.9 Å². The SMILES string of the molecule is CC(C)N(CCC(N)=NO)c1cncc2nnnn12. The van der Waals surface area contributed by atoms with Crippen LogP contribution in [0.2, 0.25) is 0 Å². The summed E-state index contributed by atoms with van der Waals surface area (Å²) in [6.45, 7) is 4.65. The maximum atomic E-state index is 8.59. The normalized spacial score (nSPS) is 12.3. The number of nitrogens with zero attached hydrogens (tertiary/aromatic N) is 7. The van der Waals surface area contributed by atoms with Gasteiger partial charge < -0.3 is 15.8 Å². The molecule has 2 rings (SSSR count). The predicted octanol–water partition coefficient (Wildman–Crippen LogP) is -0.129. The molecule has 19 heavy (non-hydrogen) atoms. The second kappa shape index (κ2) is 5.46. The number of nitrogens with two attached hydrogens (primary N) is 1. The van der Waals surface area contributed by atoms with Gasteiger partial charge in [-0.2, -0.15) is 4.52 Å². The summed E-state index contributed by atoms with van der Waals surface area (Å²) in [5, 5.41) is 23.0. The van der Waals surface area contributed by atoms with E-state index in [2.05, 4.69) is 25.7 Å². The van der Waals surface area contributed by atoms with Crippen LogP contribution in [0.1, 0.15) is 20.3 Å². The van der Waals surface area contributed by atoms with Crippen LogP contribution in [-0.4, -0.2) is 48.7 Å². The minimum atomic E-state index is 0.183. The highest BCUT2D eigenvalue weighted by Crippen LogP contribution is 2.16. The van der Waals surface area contributed by atoms with Gasteiger partial charge in [0.05, 0.1) is 12.4 Å². The lowest BCUT2D eigenvalue weighted by Crippen LogP contribution is -2.35. The number of amidine groups is 1. The smallest absolute Gasteiger partial charge is 0.199 e. The van der Waals surface area contributed by atoms with E-state index in [1.54, 1.807) is 16.9 Å². The van der Waals surface area contributed by atoms with Crippen LogP contribution in [0.3, 0.4) is 0 Å². The zero-order chi connectivity index (χ0) is 13.8.